The molecule has 0 spiro atoms. The Hall–Kier alpha value is -3.55. The smallest absolute Gasteiger partial charge is 0.294 e. The van der Waals surface area contributed by atoms with Crippen molar-refractivity contribution >= 4 is 28.4 Å². The Kier molecular flexibility index (Phi) is 5.02. The zero-order valence-electron chi connectivity index (χ0n) is 19.2. The van der Waals surface area contributed by atoms with E-state index >= 15 is 0 Å². The molecule has 4 heterocycles. The number of carbonyl (C=O) groups is 1. The van der Waals surface area contributed by atoms with E-state index in [9.17, 15) is 9.59 Å². The van der Waals surface area contributed by atoms with Crippen LogP contribution < -0.4 is 10.5 Å². The van der Waals surface area contributed by atoms with Gasteiger partial charge in [0, 0.05) is 24.2 Å². The molecule has 0 bridgehead atoms. The fourth-order valence-electron chi connectivity index (χ4n) is 5.79. The highest BCUT2D eigenvalue weighted by atomic mass is 16.2. The first-order chi connectivity index (χ1) is 16.6. The fraction of sp³-hybridized carbons (Fsp3) is 0.444. The van der Waals surface area contributed by atoms with Crippen LogP contribution in [0.15, 0.2) is 29.2 Å². The van der Waals surface area contributed by atoms with Crippen molar-refractivity contribution in [2.75, 3.05) is 11.4 Å². The molecule has 1 aromatic carbocycles. The quantitative estimate of drug-likeness (QED) is 0.470. The summed E-state index contributed by atoms with van der Waals surface area (Å²) in [5, 5.41) is 8.59. The van der Waals surface area contributed by atoms with E-state index < -0.39 is 0 Å². The first kappa shape index (κ1) is 21.9. The molecule has 0 unspecified atom stereocenters. The van der Waals surface area contributed by atoms with Crippen LogP contribution in [0, 0.1) is 6.92 Å². The summed E-state index contributed by atoms with van der Waals surface area (Å²) >= 11 is 0. The van der Waals surface area contributed by atoms with Crippen molar-refractivity contribution in [2.24, 2.45) is 0 Å². The molecule has 7 rings (SSSR count). The van der Waals surface area contributed by atoms with Gasteiger partial charge in [-0.15, -0.1) is 10.2 Å². The van der Waals surface area contributed by atoms with Gasteiger partial charge in [0.15, 0.2) is 0 Å². The second-order valence-electron chi connectivity index (χ2n) is 10.1. The van der Waals surface area contributed by atoms with E-state index in [4.69, 9.17) is 0 Å². The monoisotopic (exact) mass is 470 g/mol. The summed E-state index contributed by atoms with van der Waals surface area (Å²) in [6.45, 7) is 2.57. The van der Waals surface area contributed by atoms with E-state index in [1.807, 2.05) is 29.7 Å². The summed E-state index contributed by atoms with van der Waals surface area (Å²) in [4.78, 5) is 35.8. The van der Waals surface area contributed by atoms with Gasteiger partial charge >= 0.3 is 0 Å². The van der Waals surface area contributed by atoms with Crippen LogP contribution in [0.1, 0.15) is 90.7 Å². The van der Waals surface area contributed by atoms with Gasteiger partial charge < -0.3 is 4.98 Å². The molecule has 3 aromatic heterocycles. The van der Waals surface area contributed by atoms with Crippen molar-refractivity contribution in [1.82, 2.24) is 24.6 Å². The van der Waals surface area contributed by atoms with Crippen molar-refractivity contribution in [3.05, 3.63) is 62.8 Å². The van der Waals surface area contributed by atoms with E-state index in [1.54, 1.807) is 4.90 Å². The molecular weight excluding hydrogens is 440 g/mol. The normalized spacial score (nSPS) is 17.8. The second-order valence-corrected chi connectivity index (χ2v) is 10.1. The van der Waals surface area contributed by atoms with Gasteiger partial charge in [0.05, 0.1) is 11.0 Å². The maximum absolute atomic E-state index is 13.6. The number of pyridine rings is 1. The number of aryl methyl sites for hydroxylation is 1. The highest BCUT2D eigenvalue weighted by Crippen LogP contribution is 2.41. The Morgan fingerprint density at radius 3 is 2.63 bits per heavy atom. The standard InChI is InChI=1S/C26H26N6O2.CH4/c1-14-10-21-20(28-25(33)24-30-29-23(32(21)24)16-4-2-3-5-16)12-19(14)26(34)31-9-8-17-11-18(15-6-7-15)13-27-22(17)31;/h10-13,15-16H,2-9H2,1H3,(H,28,33);1H4. The van der Waals surface area contributed by atoms with Crippen LogP contribution in [0.5, 0.6) is 0 Å². The minimum atomic E-state index is -0.285. The van der Waals surface area contributed by atoms with Gasteiger partial charge in [0.2, 0.25) is 5.65 Å². The molecule has 2 aliphatic carbocycles. The molecule has 4 aromatic rings. The summed E-state index contributed by atoms with van der Waals surface area (Å²) in [6.07, 6.45) is 9.70. The third-order valence-corrected chi connectivity index (χ3v) is 7.79. The number of rotatable bonds is 3. The summed E-state index contributed by atoms with van der Waals surface area (Å²) in [5.41, 5.74) is 5.38. The van der Waals surface area contributed by atoms with Crippen LogP contribution in [0.2, 0.25) is 0 Å². The lowest BCUT2D eigenvalue weighted by molar-refractivity contribution is 0.0988. The Morgan fingerprint density at radius 1 is 1.06 bits per heavy atom. The average molecular weight is 471 g/mol. The van der Waals surface area contributed by atoms with E-state index in [1.165, 1.54) is 31.2 Å². The first-order valence-corrected chi connectivity index (χ1v) is 12.3. The van der Waals surface area contributed by atoms with Crippen molar-refractivity contribution < 1.29 is 4.79 Å². The van der Waals surface area contributed by atoms with Crippen LogP contribution >= 0.6 is 0 Å². The molecule has 0 atom stereocenters. The van der Waals surface area contributed by atoms with Gasteiger partial charge in [-0.25, -0.2) is 4.98 Å². The van der Waals surface area contributed by atoms with Gasteiger partial charge in [0.1, 0.15) is 11.6 Å². The minimum Gasteiger partial charge on any atom is -0.317 e. The number of benzene rings is 1. The topological polar surface area (TPSA) is 96.2 Å². The number of nitrogens with zero attached hydrogens (tertiary/aromatic N) is 5. The van der Waals surface area contributed by atoms with Crippen molar-refractivity contribution in [3.63, 3.8) is 0 Å². The van der Waals surface area contributed by atoms with Crippen LogP contribution in [0.25, 0.3) is 16.7 Å². The largest absolute Gasteiger partial charge is 0.317 e. The molecule has 1 N–H and O–H groups in total. The molecule has 35 heavy (non-hydrogen) atoms. The molecule has 180 valence electrons. The lowest BCUT2D eigenvalue weighted by atomic mass is 10.0. The minimum absolute atomic E-state index is 0. The average Bonchev–Trinajstić information content (AvgIpc) is 3.23. The molecule has 8 nitrogen and oxygen atoms in total. The maximum Gasteiger partial charge on any atom is 0.294 e. The predicted octanol–water partition coefficient (Wildman–Crippen LogP) is 4.65. The number of aromatic amines is 1. The number of H-pyrrole nitrogens is 1. The molecule has 0 radical (unpaired) electrons. The lowest BCUT2D eigenvalue weighted by Gasteiger charge is -2.18. The van der Waals surface area contributed by atoms with Gasteiger partial charge in [-0.05, 0) is 73.8 Å². The zero-order valence-corrected chi connectivity index (χ0v) is 19.2. The van der Waals surface area contributed by atoms with E-state index in [-0.39, 0.29) is 18.9 Å². The molecule has 1 amide bonds. The molecule has 2 saturated carbocycles. The van der Waals surface area contributed by atoms with Crippen molar-refractivity contribution in [3.8, 4) is 0 Å². The number of nitrogens with one attached hydrogen (secondary N) is 1. The summed E-state index contributed by atoms with van der Waals surface area (Å²) in [6, 6.07) is 6.02. The summed E-state index contributed by atoms with van der Waals surface area (Å²) in [5.74, 6) is 2.50. The first-order valence-electron chi connectivity index (χ1n) is 12.3. The zero-order chi connectivity index (χ0) is 23.0. The lowest BCUT2D eigenvalue weighted by Crippen LogP contribution is -2.30. The van der Waals surface area contributed by atoms with Crippen LogP contribution in [-0.2, 0) is 6.42 Å². The summed E-state index contributed by atoms with van der Waals surface area (Å²) in [7, 11) is 0. The number of amides is 1. The molecule has 1 aliphatic heterocycles. The Bertz CT molecular complexity index is 1540. The molecule has 0 saturated heterocycles. The van der Waals surface area contributed by atoms with Crippen molar-refractivity contribution in [2.45, 2.75) is 71.1 Å². The number of hydrogen-bond acceptors (Lipinski definition) is 5. The fourth-order valence-corrected chi connectivity index (χ4v) is 5.79. The Labute approximate surface area is 203 Å². The third kappa shape index (κ3) is 3.38. The molecule has 2 fully saturated rings. The third-order valence-electron chi connectivity index (χ3n) is 7.79. The number of hydrogen-bond donors (Lipinski definition) is 1. The number of carbonyl (C=O) groups excluding carboxylic acids is 1. The van der Waals surface area contributed by atoms with Crippen LogP contribution in [-0.4, -0.2) is 37.0 Å². The van der Waals surface area contributed by atoms with Gasteiger partial charge in [-0.3, -0.25) is 18.9 Å². The van der Waals surface area contributed by atoms with E-state index in [0.29, 0.717) is 35.1 Å². The summed E-state index contributed by atoms with van der Waals surface area (Å²) < 4.78 is 1.90. The number of aromatic nitrogens is 5. The SMILES string of the molecule is C.Cc1cc2c(cc1C(=O)N1CCc3cc(C4CC4)cnc31)[nH]c(=O)c1nnc(C3CCCC3)n12. The number of anilines is 1. The van der Waals surface area contributed by atoms with Gasteiger partial charge in [-0.1, -0.05) is 26.3 Å². The molecule has 8 heteroatoms. The molecule has 3 aliphatic rings. The number of fused-ring (bicyclic) bond motifs is 4. The highest BCUT2D eigenvalue weighted by Gasteiger charge is 2.31. The molecular formula is C27H30N6O2. The highest BCUT2D eigenvalue weighted by molar-refractivity contribution is 6.09. The van der Waals surface area contributed by atoms with Gasteiger partial charge in [0.25, 0.3) is 11.5 Å². The van der Waals surface area contributed by atoms with E-state index in [2.05, 4.69) is 26.2 Å². The van der Waals surface area contributed by atoms with Crippen LogP contribution in [0.3, 0.4) is 0 Å². The maximum atomic E-state index is 13.6. The Morgan fingerprint density at radius 2 is 1.86 bits per heavy atom. The van der Waals surface area contributed by atoms with Crippen LogP contribution in [0.4, 0.5) is 5.82 Å². The predicted molar refractivity (Wildman–Crippen MR) is 135 cm³/mol. The van der Waals surface area contributed by atoms with E-state index in [0.717, 1.165) is 47.5 Å². The van der Waals surface area contributed by atoms with Crippen molar-refractivity contribution in [1.29, 1.82) is 0 Å². The Balaban J connectivity index is 0.00000229. The van der Waals surface area contributed by atoms with Gasteiger partial charge in [-0.2, -0.15) is 0 Å². The second kappa shape index (κ2) is 8.00.